The van der Waals surface area contributed by atoms with E-state index in [-0.39, 0.29) is 10.8 Å². The first-order chi connectivity index (χ1) is 14.7. The first-order valence-electron chi connectivity index (χ1n) is 9.64. The molecule has 31 heavy (non-hydrogen) atoms. The average Bonchev–Trinajstić information content (AvgIpc) is 3.37. The molecule has 1 aromatic heterocycles. The fourth-order valence-corrected chi connectivity index (χ4v) is 4.09. The normalized spacial score (nSPS) is 14.4. The van der Waals surface area contributed by atoms with Crippen molar-refractivity contribution in [2.24, 2.45) is 0 Å². The fourth-order valence-electron chi connectivity index (χ4n) is 3.46. The molecule has 160 valence electrons. The summed E-state index contributed by atoms with van der Waals surface area (Å²) < 4.78 is 28.6. The highest BCUT2D eigenvalue weighted by atomic mass is 32.2. The minimum atomic E-state index is -3.27. The van der Waals surface area contributed by atoms with Gasteiger partial charge in [0.1, 0.15) is 5.82 Å². The molecule has 0 saturated carbocycles. The van der Waals surface area contributed by atoms with Crippen molar-refractivity contribution < 1.29 is 22.7 Å². The maximum atomic E-state index is 12.9. The summed E-state index contributed by atoms with van der Waals surface area (Å²) in [6.45, 7) is 2.47. The second-order valence-electron chi connectivity index (χ2n) is 7.47. The van der Waals surface area contributed by atoms with Gasteiger partial charge in [-0.05, 0) is 42.3 Å². The summed E-state index contributed by atoms with van der Waals surface area (Å²) in [5.41, 5.74) is 2.41. The van der Waals surface area contributed by atoms with Gasteiger partial charge in [-0.25, -0.2) is 18.2 Å². The van der Waals surface area contributed by atoms with E-state index in [0.29, 0.717) is 30.0 Å². The van der Waals surface area contributed by atoms with E-state index in [2.05, 4.69) is 9.97 Å². The first-order valence-corrected chi connectivity index (χ1v) is 11.5. The van der Waals surface area contributed by atoms with Gasteiger partial charge in [0.15, 0.2) is 15.9 Å². The Kier molecular flexibility index (Phi) is 5.36. The molecule has 4 rings (SSSR count). The highest BCUT2D eigenvalue weighted by Crippen LogP contribution is 2.27. The number of hydrogen-bond acceptors (Lipinski definition) is 6. The quantitative estimate of drug-likeness (QED) is 0.592. The Hall–Kier alpha value is -3.46. The highest BCUT2D eigenvalue weighted by molar-refractivity contribution is 7.90. The molecule has 3 aromatic rings. The zero-order valence-electron chi connectivity index (χ0n) is 17.0. The van der Waals surface area contributed by atoms with Gasteiger partial charge in [-0.1, -0.05) is 18.2 Å². The van der Waals surface area contributed by atoms with Crippen LogP contribution in [0, 0.1) is 0 Å². The monoisotopic (exact) mass is 439 g/mol. The Labute approximate surface area is 179 Å². The van der Waals surface area contributed by atoms with Gasteiger partial charge in [-0.3, -0.25) is 4.79 Å². The minimum Gasteiger partial charge on any atom is -0.451 e. The van der Waals surface area contributed by atoms with Crippen LogP contribution in [0.1, 0.15) is 50.7 Å². The molecule has 0 spiro atoms. The number of hydrogen-bond donors (Lipinski definition) is 1. The lowest BCUT2D eigenvalue weighted by molar-refractivity contribution is 0.0321. The lowest BCUT2D eigenvalue weighted by atomic mass is 10.1. The van der Waals surface area contributed by atoms with E-state index in [4.69, 9.17) is 4.74 Å². The van der Waals surface area contributed by atoms with Crippen molar-refractivity contribution in [1.29, 1.82) is 0 Å². The summed E-state index contributed by atoms with van der Waals surface area (Å²) in [4.78, 5) is 34.2. The van der Waals surface area contributed by atoms with Crippen LogP contribution < -0.4 is 0 Å². The molecule has 0 fully saturated rings. The molecule has 0 radical (unpaired) electrons. The Bertz CT molecular complexity index is 1230. The molecule has 1 aliphatic rings. The van der Waals surface area contributed by atoms with Crippen LogP contribution in [0.3, 0.4) is 0 Å². The third-order valence-corrected chi connectivity index (χ3v) is 6.27. The Morgan fingerprint density at radius 3 is 2.61 bits per heavy atom. The Balaban J connectivity index is 1.46. The lowest BCUT2D eigenvalue weighted by Gasteiger charge is -2.15. The predicted octanol–water partition coefficient (Wildman–Crippen LogP) is 2.89. The summed E-state index contributed by atoms with van der Waals surface area (Å²) in [5, 5.41) is 0. The van der Waals surface area contributed by atoms with Gasteiger partial charge in [-0.2, -0.15) is 0 Å². The van der Waals surface area contributed by atoms with E-state index in [1.54, 1.807) is 54.5 Å². The number of nitrogens with zero attached hydrogens (tertiary/aromatic N) is 2. The van der Waals surface area contributed by atoms with Gasteiger partial charge in [-0.15, -0.1) is 0 Å². The van der Waals surface area contributed by atoms with Crippen LogP contribution in [0.5, 0.6) is 0 Å². The maximum Gasteiger partial charge on any atom is 0.338 e. The molecular formula is C22H21N3O5S. The van der Waals surface area contributed by atoms with Gasteiger partial charge < -0.3 is 14.6 Å². The molecule has 1 atom stereocenters. The number of esters is 1. The minimum absolute atomic E-state index is 0.184. The van der Waals surface area contributed by atoms with E-state index in [1.807, 2.05) is 0 Å². The van der Waals surface area contributed by atoms with E-state index in [1.165, 1.54) is 12.1 Å². The van der Waals surface area contributed by atoms with Crippen LogP contribution >= 0.6 is 0 Å². The second kappa shape index (κ2) is 7.99. The Morgan fingerprint density at radius 2 is 1.97 bits per heavy atom. The third kappa shape index (κ3) is 4.36. The topological polar surface area (TPSA) is 109 Å². The molecule has 0 bridgehead atoms. The summed E-state index contributed by atoms with van der Waals surface area (Å²) in [7, 11) is -3.27. The number of carbonyl (C=O) groups is 2. The van der Waals surface area contributed by atoms with Crippen molar-refractivity contribution in [1.82, 2.24) is 14.9 Å². The number of rotatable bonds is 6. The van der Waals surface area contributed by atoms with Crippen molar-refractivity contribution in [2.75, 3.05) is 6.26 Å². The molecule has 8 nitrogen and oxygen atoms in total. The zero-order valence-corrected chi connectivity index (χ0v) is 17.8. The molecule has 1 N–H and O–H groups in total. The van der Waals surface area contributed by atoms with Gasteiger partial charge in [0.2, 0.25) is 0 Å². The summed E-state index contributed by atoms with van der Waals surface area (Å²) >= 11 is 0. The van der Waals surface area contributed by atoms with Gasteiger partial charge in [0.05, 0.1) is 10.5 Å². The van der Waals surface area contributed by atoms with Gasteiger partial charge >= 0.3 is 5.97 Å². The fraction of sp³-hybridized carbons (Fsp3) is 0.227. The first kappa shape index (κ1) is 20.8. The Morgan fingerprint density at radius 1 is 1.23 bits per heavy atom. The second-order valence-corrected chi connectivity index (χ2v) is 9.49. The zero-order chi connectivity index (χ0) is 22.2. The van der Waals surface area contributed by atoms with Gasteiger partial charge in [0.25, 0.3) is 5.91 Å². The SMILES string of the molecule is CC(OC(=O)c1ccc2c(c1)C(=O)N(Cc1ccc(S(C)(=O)=O)cc1)C2)c1ncc[nH]1. The van der Waals surface area contributed by atoms with Crippen LogP contribution in [0.2, 0.25) is 0 Å². The third-order valence-electron chi connectivity index (χ3n) is 5.14. The number of imidazole rings is 1. The van der Waals surface area contributed by atoms with Crippen molar-refractivity contribution >= 4 is 21.7 Å². The number of aromatic nitrogens is 2. The van der Waals surface area contributed by atoms with Crippen molar-refractivity contribution in [2.45, 2.75) is 31.0 Å². The van der Waals surface area contributed by atoms with Crippen molar-refractivity contribution in [3.05, 3.63) is 82.9 Å². The number of carbonyl (C=O) groups excluding carboxylic acids is 2. The predicted molar refractivity (Wildman–Crippen MR) is 112 cm³/mol. The smallest absolute Gasteiger partial charge is 0.338 e. The molecule has 2 heterocycles. The number of ether oxygens (including phenoxy) is 1. The highest BCUT2D eigenvalue weighted by Gasteiger charge is 2.29. The number of nitrogens with one attached hydrogen (secondary N) is 1. The number of fused-ring (bicyclic) bond motifs is 1. The molecule has 0 saturated heterocycles. The lowest BCUT2D eigenvalue weighted by Crippen LogP contribution is -2.23. The van der Waals surface area contributed by atoms with Crippen LogP contribution in [0.25, 0.3) is 0 Å². The number of benzene rings is 2. The van der Waals surface area contributed by atoms with Crippen molar-refractivity contribution in [3.63, 3.8) is 0 Å². The number of amides is 1. The molecule has 0 aliphatic carbocycles. The molecule has 9 heteroatoms. The van der Waals surface area contributed by atoms with E-state index < -0.39 is 21.9 Å². The number of aromatic amines is 1. The summed E-state index contributed by atoms with van der Waals surface area (Å²) in [6.07, 6.45) is 3.84. The van der Waals surface area contributed by atoms with Crippen LogP contribution in [-0.2, 0) is 27.7 Å². The average molecular weight is 439 g/mol. The summed E-state index contributed by atoms with van der Waals surface area (Å²) in [5.74, 6) is -0.177. The van der Waals surface area contributed by atoms with E-state index in [9.17, 15) is 18.0 Å². The standard InChI is InChI=1S/C22H21N3O5S/c1-14(20-23-9-10-24-20)30-22(27)16-5-6-17-13-25(21(26)19(17)11-16)12-15-3-7-18(8-4-15)31(2,28)29/h3-11,14H,12-13H2,1-2H3,(H,23,24). The maximum absolute atomic E-state index is 12.9. The van der Waals surface area contributed by atoms with E-state index >= 15 is 0 Å². The molecular weight excluding hydrogens is 418 g/mol. The summed E-state index contributed by atoms with van der Waals surface area (Å²) in [6, 6.07) is 11.4. The van der Waals surface area contributed by atoms with Crippen molar-refractivity contribution in [3.8, 4) is 0 Å². The molecule has 2 aromatic carbocycles. The molecule has 1 amide bonds. The van der Waals surface area contributed by atoms with Crippen LogP contribution in [-0.4, -0.2) is 41.4 Å². The van der Waals surface area contributed by atoms with Crippen LogP contribution in [0.4, 0.5) is 0 Å². The van der Waals surface area contributed by atoms with E-state index in [0.717, 1.165) is 17.4 Å². The molecule has 1 aliphatic heterocycles. The largest absolute Gasteiger partial charge is 0.451 e. The number of sulfone groups is 1. The number of H-pyrrole nitrogens is 1. The van der Waals surface area contributed by atoms with Crippen LogP contribution in [0.15, 0.2) is 59.8 Å². The molecule has 1 unspecified atom stereocenters. The van der Waals surface area contributed by atoms with Gasteiger partial charge in [0, 0.05) is 37.3 Å².